The second-order valence-corrected chi connectivity index (χ2v) is 6.51. The van der Waals surface area contributed by atoms with Crippen LogP contribution in [0.4, 0.5) is 0 Å². The molecule has 0 aliphatic rings. The fourth-order valence-corrected chi connectivity index (χ4v) is 3.64. The average molecular weight is 365 g/mol. The second-order valence-electron chi connectivity index (χ2n) is 6.51. The highest BCUT2D eigenvalue weighted by Crippen LogP contribution is 2.37. The van der Waals surface area contributed by atoms with Crippen molar-refractivity contribution in [1.29, 1.82) is 0 Å². The predicted octanol–water partition coefficient (Wildman–Crippen LogP) is 1.48. The molecule has 0 unspecified atom stereocenters. The van der Waals surface area contributed by atoms with E-state index in [1.54, 1.807) is 12.1 Å². The van der Waals surface area contributed by atoms with E-state index in [2.05, 4.69) is 0 Å². The Bertz CT molecular complexity index is 1450. The summed E-state index contributed by atoms with van der Waals surface area (Å²) in [6, 6.07) is 6.04. The molecule has 0 aliphatic heterocycles. The Morgan fingerprint density at radius 3 is 1.93 bits per heavy atom. The number of hydrogen-bond acceptors (Lipinski definition) is 6. The first-order chi connectivity index (χ1) is 12.9. The number of aromatic nitrogens is 1. The van der Waals surface area contributed by atoms with Gasteiger partial charge in [-0.25, -0.2) is 0 Å². The lowest BCUT2D eigenvalue weighted by molar-refractivity contribution is 0.474. The molecule has 3 aromatic carbocycles. The molecule has 1 heterocycles. The van der Waals surface area contributed by atoms with E-state index in [0.29, 0.717) is 6.42 Å². The number of aryl methyl sites for hydroxylation is 1. The highest BCUT2D eigenvalue weighted by Gasteiger charge is 2.27. The van der Waals surface area contributed by atoms with Gasteiger partial charge in [-0.3, -0.25) is 19.2 Å². The van der Waals surface area contributed by atoms with Crippen LogP contribution in [0.1, 0.15) is 19.8 Å². The Labute approximate surface area is 151 Å². The van der Waals surface area contributed by atoms with Crippen molar-refractivity contribution in [3.8, 4) is 11.5 Å². The van der Waals surface area contributed by atoms with E-state index in [1.165, 1.54) is 12.1 Å². The predicted molar refractivity (Wildman–Crippen MR) is 103 cm³/mol. The SMILES string of the molecule is CCCCn1c(=O)c(=O)c2c(O)c3c(=O)c4ccccc4c(=O)c3c(O)c21. The zero-order valence-corrected chi connectivity index (χ0v) is 14.4. The van der Waals surface area contributed by atoms with Crippen LogP contribution in [0.2, 0.25) is 0 Å². The maximum absolute atomic E-state index is 12.9. The van der Waals surface area contributed by atoms with Crippen molar-refractivity contribution in [2.75, 3.05) is 0 Å². The maximum atomic E-state index is 12.9. The van der Waals surface area contributed by atoms with Gasteiger partial charge in [-0.05, 0) is 6.42 Å². The minimum Gasteiger partial charge on any atom is -0.506 e. The van der Waals surface area contributed by atoms with Gasteiger partial charge >= 0.3 is 0 Å². The van der Waals surface area contributed by atoms with Crippen molar-refractivity contribution >= 4 is 32.4 Å². The third-order valence-electron chi connectivity index (χ3n) is 4.96. The molecule has 0 radical (unpaired) electrons. The average Bonchev–Trinajstić information content (AvgIpc) is 2.92. The first-order valence-corrected chi connectivity index (χ1v) is 8.56. The van der Waals surface area contributed by atoms with E-state index < -0.39 is 44.1 Å². The molecule has 0 atom stereocenters. The van der Waals surface area contributed by atoms with E-state index in [9.17, 15) is 29.4 Å². The summed E-state index contributed by atoms with van der Waals surface area (Å²) in [6.45, 7) is 2.05. The lowest BCUT2D eigenvalue weighted by atomic mass is 9.99. The van der Waals surface area contributed by atoms with E-state index in [-0.39, 0.29) is 28.2 Å². The lowest BCUT2D eigenvalue weighted by Gasteiger charge is -2.09. The topological polar surface area (TPSA) is 114 Å². The maximum Gasteiger partial charge on any atom is 0.299 e. The van der Waals surface area contributed by atoms with Gasteiger partial charge in [-0.1, -0.05) is 37.6 Å². The number of phenols is 2. The Morgan fingerprint density at radius 2 is 1.37 bits per heavy atom. The van der Waals surface area contributed by atoms with Crippen molar-refractivity contribution in [2.24, 2.45) is 0 Å². The van der Waals surface area contributed by atoms with Crippen LogP contribution in [0, 0.1) is 0 Å². The molecule has 27 heavy (non-hydrogen) atoms. The molecule has 0 bridgehead atoms. The number of unbranched alkanes of at least 4 members (excludes halogenated alkanes) is 1. The molecular weight excluding hydrogens is 350 g/mol. The molecule has 0 fully saturated rings. The number of phenolic OH excluding ortho intramolecular Hbond substituents is 2. The zero-order chi connectivity index (χ0) is 19.5. The molecule has 2 N–H and O–H groups in total. The van der Waals surface area contributed by atoms with Crippen molar-refractivity contribution in [2.45, 2.75) is 26.3 Å². The van der Waals surface area contributed by atoms with Gasteiger partial charge in [-0.2, -0.15) is 0 Å². The normalized spacial score (nSPS) is 11.7. The number of hydrogen-bond donors (Lipinski definition) is 2. The minimum absolute atomic E-state index is 0.0734. The summed E-state index contributed by atoms with van der Waals surface area (Å²) >= 11 is 0. The summed E-state index contributed by atoms with van der Waals surface area (Å²) in [5, 5.41) is 20.3. The molecule has 4 aromatic rings. The van der Waals surface area contributed by atoms with Crippen LogP contribution in [0.25, 0.3) is 32.4 Å². The third-order valence-corrected chi connectivity index (χ3v) is 4.96. The summed E-state index contributed by atoms with van der Waals surface area (Å²) in [5.74, 6) is -1.36. The highest BCUT2D eigenvalue weighted by atomic mass is 16.3. The Morgan fingerprint density at radius 1 is 0.815 bits per heavy atom. The number of nitrogens with zero attached hydrogens (tertiary/aromatic N) is 1. The van der Waals surface area contributed by atoms with Gasteiger partial charge in [0.25, 0.3) is 11.0 Å². The van der Waals surface area contributed by atoms with Crippen LogP contribution in [0.5, 0.6) is 11.5 Å². The van der Waals surface area contributed by atoms with E-state index in [4.69, 9.17) is 0 Å². The summed E-state index contributed by atoms with van der Waals surface area (Å²) in [5.41, 5.74) is -3.42. The monoisotopic (exact) mass is 365 g/mol. The molecule has 7 heteroatoms. The molecule has 0 saturated heterocycles. The molecule has 136 valence electrons. The smallest absolute Gasteiger partial charge is 0.299 e. The number of aromatic hydroxyl groups is 2. The van der Waals surface area contributed by atoms with Crippen LogP contribution in [0.15, 0.2) is 43.4 Å². The first-order valence-electron chi connectivity index (χ1n) is 8.56. The van der Waals surface area contributed by atoms with E-state index in [0.717, 1.165) is 11.0 Å². The minimum atomic E-state index is -1.00. The number of benzene rings is 3. The second kappa shape index (κ2) is 5.77. The van der Waals surface area contributed by atoms with Crippen molar-refractivity contribution in [1.82, 2.24) is 4.57 Å². The molecule has 0 amide bonds. The zero-order valence-electron chi connectivity index (χ0n) is 14.4. The van der Waals surface area contributed by atoms with E-state index >= 15 is 0 Å². The largest absolute Gasteiger partial charge is 0.506 e. The quantitative estimate of drug-likeness (QED) is 0.323. The lowest BCUT2D eigenvalue weighted by Crippen LogP contribution is -2.26. The molecule has 0 saturated carbocycles. The molecule has 0 aliphatic carbocycles. The molecular formula is C20H15NO6. The fraction of sp³-hybridized carbons (Fsp3) is 0.200. The number of rotatable bonds is 3. The van der Waals surface area contributed by atoms with Gasteiger partial charge in [0, 0.05) is 17.3 Å². The first kappa shape index (κ1) is 17.0. The van der Waals surface area contributed by atoms with Gasteiger partial charge in [0.15, 0.2) is 16.6 Å². The van der Waals surface area contributed by atoms with Crippen molar-refractivity contribution < 1.29 is 10.2 Å². The van der Waals surface area contributed by atoms with Gasteiger partial charge in [0.1, 0.15) is 11.3 Å². The highest BCUT2D eigenvalue weighted by molar-refractivity contribution is 6.13. The number of fused-ring (bicyclic) bond motifs is 3. The van der Waals surface area contributed by atoms with E-state index in [1.807, 2.05) is 6.92 Å². The standard InChI is InChI=1S/C20H15NO6/c1-2-3-8-21-14-13(19(26)20(21)27)17(24)11-12(18(14)25)16(23)10-7-5-4-6-9(10)15(11)22/h4-7,24-25H,2-3,8H2,1H3. The molecule has 4 rings (SSSR count). The van der Waals surface area contributed by atoms with Gasteiger partial charge < -0.3 is 14.8 Å². The van der Waals surface area contributed by atoms with Crippen molar-refractivity contribution in [3.63, 3.8) is 0 Å². The molecule has 0 spiro atoms. The third kappa shape index (κ3) is 2.08. The van der Waals surface area contributed by atoms with Gasteiger partial charge in [0.05, 0.1) is 16.2 Å². The Kier molecular flexibility index (Phi) is 3.62. The van der Waals surface area contributed by atoms with Crippen LogP contribution < -0.4 is 21.8 Å². The summed E-state index contributed by atoms with van der Waals surface area (Å²) in [6.07, 6.45) is 1.29. The Hall–Kier alpha value is -3.48. The van der Waals surface area contributed by atoms with Crippen LogP contribution in [0.3, 0.4) is 0 Å². The van der Waals surface area contributed by atoms with Gasteiger partial charge in [0.2, 0.25) is 0 Å². The van der Waals surface area contributed by atoms with Gasteiger partial charge in [-0.15, -0.1) is 0 Å². The van der Waals surface area contributed by atoms with Crippen LogP contribution in [-0.2, 0) is 6.54 Å². The fourth-order valence-electron chi connectivity index (χ4n) is 3.64. The van der Waals surface area contributed by atoms with Crippen LogP contribution >= 0.6 is 0 Å². The van der Waals surface area contributed by atoms with Crippen LogP contribution in [-0.4, -0.2) is 14.8 Å². The Balaban J connectivity index is 2.37. The summed E-state index contributed by atoms with van der Waals surface area (Å²) < 4.78 is 1.06. The van der Waals surface area contributed by atoms with Crippen molar-refractivity contribution in [3.05, 3.63) is 65.3 Å². The molecule has 1 aromatic heterocycles. The summed E-state index contributed by atoms with van der Waals surface area (Å²) in [7, 11) is 0. The summed E-state index contributed by atoms with van der Waals surface area (Å²) in [4.78, 5) is 50.5. The molecule has 7 nitrogen and oxygen atoms in total.